The van der Waals surface area contributed by atoms with Crippen molar-refractivity contribution in [1.29, 1.82) is 0 Å². The van der Waals surface area contributed by atoms with Crippen molar-refractivity contribution in [2.75, 3.05) is 12.3 Å². The Morgan fingerprint density at radius 1 is 1.03 bits per heavy atom. The molecular weight excluding hydrogens is 406 g/mol. The van der Waals surface area contributed by atoms with Crippen LogP contribution in [0.1, 0.15) is 0 Å². The molecule has 11 heteroatoms. The fraction of sp³-hybridized carbons (Fsp3) is 0.158. The van der Waals surface area contributed by atoms with Crippen molar-refractivity contribution in [3.8, 4) is 17.4 Å². The predicted molar refractivity (Wildman–Crippen MR) is 99.8 cm³/mol. The third-order valence-corrected chi connectivity index (χ3v) is 4.15. The molecule has 2 aromatic heterocycles. The molecule has 30 heavy (non-hydrogen) atoms. The molecule has 0 atom stereocenters. The average Bonchev–Trinajstić information content (AvgIpc) is 3.25. The van der Waals surface area contributed by atoms with Crippen molar-refractivity contribution < 1.29 is 27.0 Å². The Morgan fingerprint density at radius 2 is 1.77 bits per heavy atom. The maximum atomic E-state index is 13.4. The number of aromatic nitrogens is 4. The summed E-state index contributed by atoms with van der Waals surface area (Å²) in [5.41, 5.74) is 7.76. The van der Waals surface area contributed by atoms with E-state index in [0.29, 0.717) is 35.0 Å². The van der Waals surface area contributed by atoms with Crippen LogP contribution in [-0.2, 0) is 6.54 Å². The Labute approximate surface area is 167 Å². The zero-order chi connectivity index (χ0) is 21.3. The van der Waals surface area contributed by atoms with Gasteiger partial charge in [0.1, 0.15) is 18.1 Å². The zero-order valence-corrected chi connectivity index (χ0v) is 15.3. The Balaban J connectivity index is 1.53. The van der Waals surface area contributed by atoms with Gasteiger partial charge in [0, 0.05) is 5.69 Å². The molecule has 0 radical (unpaired) electrons. The summed E-state index contributed by atoms with van der Waals surface area (Å²) in [6.07, 6.45) is -2.49. The lowest BCUT2D eigenvalue weighted by atomic mass is 10.3. The minimum absolute atomic E-state index is 0.163. The molecule has 0 fully saturated rings. The van der Waals surface area contributed by atoms with Gasteiger partial charge in [0.2, 0.25) is 5.95 Å². The molecule has 7 nitrogen and oxygen atoms in total. The van der Waals surface area contributed by atoms with Crippen LogP contribution in [0.15, 0.2) is 54.9 Å². The molecule has 0 saturated heterocycles. The van der Waals surface area contributed by atoms with E-state index in [-0.39, 0.29) is 12.4 Å². The Hall–Kier alpha value is -3.76. The summed E-state index contributed by atoms with van der Waals surface area (Å²) in [4.78, 5) is 4.47. The smallest absolute Gasteiger partial charge is 0.492 e. The molecule has 4 rings (SSSR count). The first kappa shape index (κ1) is 19.6. The van der Waals surface area contributed by atoms with Gasteiger partial charge < -0.3 is 19.8 Å². The number of anilines is 1. The number of nitrogens with zero attached hydrogens (tertiary/aromatic N) is 4. The van der Waals surface area contributed by atoms with Crippen LogP contribution in [0, 0.1) is 5.82 Å². The largest absolute Gasteiger partial charge is 0.573 e. The lowest BCUT2D eigenvalue weighted by Crippen LogP contribution is -2.17. The number of imidazole rings is 1. The van der Waals surface area contributed by atoms with E-state index in [1.165, 1.54) is 23.0 Å². The first-order chi connectivity index (χ1) is 14.3. The highest BCUT2D eigenvalue weighted by Crippen LogP contribution is 2.25. The van der Waals surface area contributed by atoms with E-state index in [0.717, 1.165) is 18.3 Å². The number of nitrogen functional groups attached to an aromatic ring is 1. The van der Waals surface area contributed by atoms with E-state index in [4.69, 9.17) is 10.5 Å². The van der Waals surface area contributed by atoms with Gasteiger partial charge in [-0.05, 0) is 42.5 Å². The second kappa shape index (κ2) is 7.58. The van der Waals surface area contributed by atoms with Gasteiger partial charge >= 0.3 is 6.36 Å². The highest BCUT2D eigenvalue weighted by molar-refractivity contribution is 5.80. The van der Waals surface area contributed by atoms with Crippen LogP contribution in [0.5, 0.6) is 11.5 Å². The first-order valence-corrected chi connectivity index (χ1v) is 8.73. The molecule has 0 aliphatic heterocycles. The summed E-state index contributed by atoms with van der Waals surface area (Å²) in [6, 6.07) is 10.2. The number of hydrogen-bond acceptors (Lipinski definition) is 5. The molecular formula is C19H15F4N5O2. The SMILES string of the molecule is Nc1ccc2nc(-n3cc(F)cn3)n(CCOc3ccc(OC(F)(F)F)cc3)c2c1. The number of benzene rings is 2. The maximum absolute atomic E-state index is 13.4. The molecule has 0 saturated carbocycles. The monoisotopic (exact) mass is 421 g/mol. The van der Waals surface area contributed by atoms with Gasteiger partial charge in [-0.2, -0.15) is 5.10 Å². The summed E-state index contributed by atoms with van der Waals surface area (Å²) in [5, 5.41) is 3.95. The van der Waals surface area contributed by atoms with E-state index in [2.05, 4.69) is 14.8 Å². The quantitative estimate of drug-likeness (QED) is 0.377. The fourth-order valence-electron chi connectivity index (χ4n) is 2.92. The highest BCUT2D eigenvalue weighted by Gasteiger charge is 2.31. The van der Waals surface area contributed by atoms with E-state index in [9.17, 15) is 17.6 Å². The van der Waals surface area contributed by atoms with Gasteiger partial charge in [0.25, 0.3) is 0 Å². The summed E-state index contributed by atoms with van der Waals surface area (Å²) < 4.78 is 62.6. The second-order valence-corrected chi connectivity index (χ2v) is 6.28. The van der Waals surface area contributed by atoms with Gasteiger partial charge in [-0.3, -0.25) is 0 Å². The average molecular weight is 421 g/mol. The molecule has 0 aliphatic rings. The summed E-state index contributed by atoms with van der Waals surface area (Å²) in [7, 11) is 0. The second-order valence-electron chi connectivity index (χ2n) is 6.28. The number of rotatable bonds is 6. The Kier molecular flexibility index (Phi) is 4.94. The first-order valence-electron chi connectivity index (χ1n) is 8.73. The van der Waals surface area contributed by atoms with Crippen LogP contribution in [0.2, 0.25) is 0 Å². The topological polar surface area (TPSA) is 80.1 Å². The van der Waals surface area contributed by atoms with Crippen molar-refractivity contribution in [2.24, 2.45) is 0 Å². The number of hydrogen-bond donors (Lipinski definition) is 1. The van der Waals surface area contributed by atoms with Gasteiger partial charge in [-0.15, -0.1) is 13.2 Å². The molecule has 2 aromatic carbocycles. The number of halogens is 4. The third kappa shape index (κ3) is 4.29. The molecule has 0 aliphatic carbocycles. The van der Waals surface area contributed by atoms with Crippen LogP contribution in [-0.4, -0.2) is 32.3 Å². The summed E-state index contributed by atoms with van der Waals surface area (Å²) in [6.45, 7) is 0.466. The minimum atomic E-state index is -4.75. The maximum Gasteiger partial charge on any atom is 0.573 e. The van der Waals surface area contributed by atoms with Gasteiger partial charge in [-0.25, -0.2) is 14.1 Å². The van der Waals surface area contributed by atoms with Crippen LogP contribution in [0.3, 0.4) is 0 Å². The highest BCUT2D eigenvalue weighted by atomic mass is 19.4. The van der Waals surface area contributed by atoms with Gasteiger partial charge in [0.15, 0.2) is 5.82 Å². The number of fused-ring (bicyclic) bond motifs is 1. The zero-order valence-electron chi connectivity index (χ0n) is 15.3. The summed E-state index contributed by atoms with van der Waals surface area (Å²) in [5.74, 6) is -0.114. The Morgan fingerprint density at radius 3 is 2.43 bits per heavy atom. The van der Waals surface area contributed by atoms with Crippen molar-refractivity contribution >= 4 is 16.7 Å². The predicted octanol–water partition coefficient (Wildman–Crippen LogP) is 3.92. The lowest BCUT2D eigenvalue weighted by molar-refractivity contribution is -0.274. The van der Waals surface area contributed by atoms with Crippen LogP contribution in [0.25, 0.3) is 17.0 Å². The van der Waals surface area contributed by atoms with Crippen molar-refractivity contribution in [2.45, 2.75) is 12.9 Å². The standard InChI is InChI=1S/C19H15F4N5O2/c20-12-10-25-28(11-12)18-26-16-6-1-13(24)9-17(16)27(18)7-8-29-14-2-4-15(5-3-14)30-19(21,22)23/h1-6,9-11H,7-8,24H2. The summed E-state index contributed by atoms with van der Waals surface area (Å²) >= 11 is 0. The van der Waals surface area contributed by atoms with Gasteiger partial charge in [0.05, 0.1) is 30.0 Å². The molecule has 0 bridgehead atoms. The van der Waals surface area contributed by atoms with E-state index in [1.807, 2.05) is 0 Å². The molecule has 2 heterocycles. The third-order valence-electron chi connectivity index (χ3n) is 4.15. The van der Waals surface area contributed by atoms with Crippen molar-refractivity contribution in [1.82, 2.24) is 19.3 Å². The fourth-order valence-corrected chi connectivity index (χ4v) is 2.92. The van der Waals surface area contributed by atoms with Gasteiger partial charge in [-0.1, -0.05) is 0 Å². The van der Waals surface area contributed by atoms with E-state index >= 15 is 0 Å². The molecule has 0 amide bonds. The Bertz CT molecular complexity index is 1170. The van der Waals surface area contributed by atoms with Crippen LogP contribution < -0.4 is 15.2 Å². The van der Waals surface area contributed by atoms with Crippen LogP contribution >= 0.6 is 0 Å². The molecule has 2 N–H and O–H groups in total. The van der Waals surface area contributed by atoms with E-state index in [1.54, 1.807) is 22.8 Å². The number of nitrogens with two attached hydrogens (primary N) is 1. The normalized spacial score (nSPS) is 11.7. The number of alkyl halides is 3. The van der Waals surface area contributed by atoms with E-state index < -0.39 is 12.2 Å². The molecule has 0 unspecified atom stereocenters. The minimum Gasteiger partial charge on any atom is -0.492 e. The molecule has 0 spiro atoms. The van der Waals surface area contributed by atoms with Crippen LogP contribution in [0.4, 0.5) is 23.2 Å². The van der Waals surface area contributed by atoms with Crippen molar-refractivity contribution in [3.05, 3.63) is 60.7 Å². The molecule has 4 aromatic rings. The number of ether oxygens (including phenoxy) is 2. The lowest BCUT2D eigenvalue weighted by Gasteiger charge is -2.12. The molecule has 156 valence electrons. The van der Waals surface area contributed by atoms with Crippen molar-refractivity contribution in [3.63, 3.8) is 0 Å².